The number of hydrogen-bond acceptors (Lipinski definition) is 3. The summed E-state index contributed by atoms with van der Waals surface area (Å²) < 4.78 is 1.60. The minimum Gasteiger partial charge on any atom is -0.338 e. The van der Waals surface area contributed by atoms with Crippen LogP contribution in [0.25, 0.3) is 0 Å². The van der Waals surface area contributed by atoms with Gasteiger partial charge in [0.2, 0.25) is 0 Å². The monoisotopic (exact) mass is 485 g/mol. The lowest BCUT2D eigenvalue weighted by Crippen LogP contribution is -2.47. The first kappa shape index (κ1) is 23.1. The summed E-state index contributed by atoms with van der Waals surface area (Å²) in [4.78, 5) is 27.2. The molecule has 2 heterocycles. The van der Waals surface area contributed by atoms with Crippen molar-refractivity contribution in [2.45, 2.75) is 32.4 Å². The first-order valence-corrected chi connectivity index (χ1v) is 11.6. The van der Waals surface area contributed by atoms with E-state index in [0.717, 1.165) is 11.3 Å². The zero-order valence-electron chi connectivity index (χ0n) is 18.2. The summed E-state index contributed by atoms with van der Waals surface area (Å²) in [6.45, 7) is 3.22. The smallest absolute Gasteiger partial charge is 0.319 e. The van der Waals surface area contributed by atoms with Gasteiger partial charge in [0.1, 0.15) is 5.15 Å². The van der Waals surface area contributed by atoms with Crippen LogP contribution in [0.15, 0.2) is 54.6 Å². The summed E-state index contributed by atoms with van der Waals surface area (Å²) in [5, 5.41) is 11.2. The second kappa shape index (κ2) is 10.3. The van der Waals surface area contributed by atoms with Crippen molar-refractivity contribution < 1.29 is 9.59 Å². The molecule has 7 nitrogen and oxygen atoms in total. The molecule has 1 fully saturated rings. The van der Waals surface area contributed by atoms with Crippen LogP contribution in [0.3, 0.4) is 0 Å². The number of nitrogens with one attached hydrogen (secondary N) is 2. The number of benzene rings is 2. The van der Waals surface area contributed by atoms with Crippen molar-refractivity contribution in [1.29, 1.82) is 0 Å². The normalized spacial score (nSPS) is 14.2. The van der Waals surface area contributed by atoms with Gasteiger partial charge in [-0.05, 0) is 43.5 Å². The molecule has 9 heteroatoms. The lowest BCUT2D eigenvalue weighted by molar-refractivity contribution is 0.0708. The maximum Gasteiger partial charge on any atom is 0.319 e. The van der Waals surface area contributed by atoms with E-state index in [2.05, 4.69) is 15.7 Å². The van der Waals surface area contributed by atoms with E-state index in [1.54, 1.807) is 16.5 Å². The van der Waals surface area contributed by atoms with Crippen molar-refractivity contribution in [3.05, 3.63) is 81.6 Å². The lowest BCUT2D eigenvalue weighted by Gasteiger charge is -2.32. The molecule has 4 rings (SSSR count). The van der Waals surface area contributed by atoms with Gasteiger partial charge in [-0.15, -0.1) is 0 Å². The molecule has 0 unspecified atom stereocenters. The van der Waals surface area contributed by atoms with Crippen LogP contribution in [-0.2, 0) is 6.54 Å². The van der Waals surface area contributed by atoms with Crippen LogP contribution in [0.5, 0.6) is 0 Å². The number of rotatable bonds is 5. The van der Waals surface area contributed by atoms with Crippen molar-refractivity contribution in [2.24, 2.45) is 0 Å². The summed E-state index contributed by atoms with van der Waals surface area (Å²) in [7, 11) is 0. The highest BCUT2D eigenvalue weighted by Crippen LogP contribution is 2.26. The number of carbonyl (C=O) groups excluding carboxylic acids is 2. The van der Waals surface area contributed by atoms with Gasteiger partial charge in [-0.3, -0.25) is 4.79 Å². The van der Waals surface area contributed by atoms with Crippen LogP contribution >= 0.6 is 23.2 Å². The molecule has 0 radical (unpaired) electrons. The quantitative estimate of drug-likeness (QED) is 0.535. The molecule has 1 aliphatic rings. The highest BCUT2D eigenvalue weighted by atomic mass is 35.5. The number of anilines is 1. The van der Waals surface area contributed by atoms with Gasteiger partial charge < -0.3 is 15.5 Å². The van der Waals surface area contributed by atoms with Crippen LogP contribution in [0.2, 0.25) is 10.2 Å². The van der Waals surface area contributed by atoms with Crippen LogP contribution in [0.1, 0.15) is 34.5 Å². The van der Waals surface area contributed by atoms with Gasteiger partial charge in [0.15, 0.2) is 0 Å². The Hall–Kier alpha value is -3.03. The van der Waals surface area contributed by atoms with E-state index in [4.69, 9.17) is 23.2 Å². The molecular weight excluding hydrogens is 461 g/mol. The van der Waals surface area contributed by atoms with Crippen LogP contribution in [-0.4, -0.2) is 45.8 Å². The highest BCUT2D eigenvalue weighted by Gasteiger charge is 2.29. The number of aryl methyl sites for hydroxylation is 1. The second-order valence-electron chi connectivity index (χ2n) is 8.03. The topological polar surface area (TPSA) is 79.3 Å². The van der Waals surface area contributed by atoms with E-state index < -0.39 is 0 Å². The molecular formula is C24H25Cl2N5O2. The first-order chi connectivity index (χ1) is 15.9. The molecule has 0 saturated carbocycles. The largest absolute Gasteiger partial charge is 0.338 e. The highest BCUT2D eigenvalue weighted by molar-refractivity contribution is 6.33. The standard InChI is InChI=1S/C24H25Cl2N5O2/c1-16-21(22(26)31(29-16)15-17-7-5-6-10-20(17)25)23(32)30-13-11-19(12-14-30)28-24(33)27-18-8-3-2-4-9-18/h2-10,19H,11-15H2,1H3,(H2,27,28,33). The predicted molar refractivity (Wildman–Crippen MR) is 130 cm³/mol. The van der Waals surface area contributed by atoms with Gasteiger partial charge in [-0.25, -0.2) is 9.48 Å². The molecule has 0 bridgehead atoms. The molecule has 0 spiro atoms. The Morgan fingerprint density at radius 3 is 2.39 bits per heavy atom. The van der Waals surface area contributed by atoms with Gasteiger partial charge >= 0.3 is 6.03 Å². The number of urea groups is 1. The molecule has 33 heavy (non-hydrogen) atoms. The molecule has 1 aromatic heterocycles. The molecule has 1 aliphatic heterocycles. The van der Waals surface area contributed by atoms with Crippen LogP contribution < -0.4 is 10.6 Å². The SMILES string of the molecule is Cc1nn(Cc2ccccc2Cl)c(Cl)c1C(=O)N1CCC(NC(=O)Nc2ccccc2)CC1. The van der Waals surface area contributed by atoms with Crippen molar-refractivity contribution in [3.63, 3.8) is 0 Å². The maximum absolute atomic E-state index is 13.2. The third kappa shape index (κ3) is 5.49. The number of halogens is 2. The fourth-order valence-corrected chi connectivity index (χ4v) is 4.46. The molecule has 172 valence electrons. The van der Waals surface area contributed by atoms with E-state index in [0.29, 0.717) is 53.9 Å². The molecule has 2 aromatic carbocycles. The number of para-hydroxylation sites is 1. The third-order valence-corrected chi connectivity index (χ3v) is 6.46. The fourth-order valence-electron chi connectivity index (χ4n) is 3.95. The minimum absolute atomic E-state index is 0.00252. The number of likely N-dealkylation sites (tertiary alicyclic amines) is 1. The second-order valence-corrected chi connectivity index (χ2v) is 8.80. The van der Waals surface area contributed by atoms with Gasteiger partial charge in [0, 0.05) is 29.8 Å². The number of nitrogens with zero attached hydrogens (tertiary/aromatic N) is 3. The number of carbonyl (C=O) groups is 2. The summed E-state index contributed by atoms with van der Waals surface area (Å²) >= 11 is 12.8. The van der Waals surface area contributed by atoms with E-state index in [1.165, 1.54) is 0 Å². The van der Waals surface area contributed by atoms with E-state index in [-0.39, 0.29) is 18.0 Å². The molecule has 3 aromatic rings. The van der Waals surface area contributed by atoms with Gasteiger partial charge in [0.25, 0.3) is 5.91 Å². The van der Waals surface area contributed by atoms with Crippen LogP contribution in [0.4, 0.5) is 10.5 Å². The van der Waals surface area contributed by atoms with Crippen molar-refractivity contribution >= 4 is 40.8 Å². The van der Waals surface area contributed by atoms with Crippen molar-refractivity contribution in [3.8, 4) is 0 Å². The Kier molecular flexibility index (Phi) is 7.20. The van der Waals surface area contributed by atoms with Gasteiger partial charge in [-0.2, -0.15) is 5.10 Å². The number of amides is 3. The Bertz CT molecular complexity index is 1140. The maximum atomic E-state index is 13.2. The Morgan fingerprint density at radius 1 is 1.03 bits per heavy atom. The average Bonchev–Trinajstić information content (AvgIpc) is 3.08. The number of hydrogen-bond donors (Lipinski definition) is 2. The zero-order chi connectivity index (χ0) is 23.4. The predicted octanol–water partition coefficient (Wildman–Crippen LogP) is 4.97. The Morgan fingerprint density at radius 2 is 1.70 bits per heavy atom. The molecule has 2 N–H and O–H groups in total. The molecule has 3 amide bonds. The lowest BCUT2D eigenvalue weighted by atomic mass is 10.0. The summed E-state index contributed by atoms with van der Waals surface area (Å²) in [5.74, 6) is -0.143. The zero-order valence-corrected chi connectivity index (χ0v) is 19.7. The molecule has 0 atom stereocenters. The van der Waals surface area contributed by atoms with Crippen LogP contribution in [0, 0.1) is 6.92 Å². The first-order valence-electron chi connectivity index (χ1n) is 10.8. The summed E-state index contributed by atoms with van der Waals surface area (Å²) in [6, 6.07) is 16.5. The number of aromatic nitrogens is 2. The van der Waals surface area contributed by atoms with Gasteiger partial charge in [-0.1, -0.05) is 59.6 Å². The third-order valence-electron chi connectivity index (χ3n) is 5.71. The fraction of sp³-hybridized carbons (Fsp3) is 0.292. The van der Waals surface area contributed by atoms with E-state index in [9.17, 15) is 9.59 Å². The van der Waals surface area contributed by atoms with Gasteiger partial charge in [0.05, 0.1) is 17.8 Å². The summed E-state index contributed by atoms with van der Waals surface area (Å²) in [5.41, 5.74) is 2.61. The molecule has 0 aliphatic carbocycles. The number of piperidine rings is 1. The molecule has 1 saturated heterocycles. The van der Waals surface area contributed by atoms with Crippen molar-refractivity contribution in [2.75, 3.05) is 18.4 Å². The van der Waals surface area contributed by atoms with E-state index in [1.807, 2.05) is 54.6 Å². The van der Waals surface area contributed by atoms with Crippen molar-refractivity contribution in [1.82, 2.24) is 20.0 Å². The van der Waals surface area contributed by atoms with E-state index >= 15 is 0 Å². The Labute approximate surface area is 202 Å². The average molecular weight is 486 g/mol. The summed E-state index contributed by atoms with van der Waals surface area (Å²) in [6.07, 6.45) is 1.33. The minimum atomic E-state index is -0.245. The Balaban J connectivity index is 1.35.